The molecular formula is C21H52N2O8SSi3. The van der Waals surface area contributed by atoms with Crippen molar-refractivity contribution in [2.75, 3.05) is 75.7 Å². The first-order chi connectivity index (χ1) is 16.7. The lowest BCUT2D eigenvalue weighted by molar-refractivity contribution is 0.122. The molecule has 0 heterocycles. The van der Waals surface area contributed by atoms with Gasteiger partial charge in [0.1, 0.15) is 0 Å². The fourth-order valence-electron chi connectivity index (χ4n) is 3.69. The summed E-state index contributed by atoms with van der Waals surface area (Å²) in [6.07, 6.45) is 3.02. The second-order valence-corrected chi connectivity index (χ2v) is 19.7. The van der Waals surface area contributed by atoms with E-state index in [0.29, 0.717) is 5.25 Å². The third-order valence-electron chi connectivity index (χ3n) is 6.40. The van der Waals surface area contributed by atoms with Gasteiger partial charge in [-0.2, -0.15) is 11.8 Å². The van der Waals surface area contributed by atoms with Gasteiger partial charge in [-0.05, 0) is 50.7 Å². The van der Waals surface area contributed by atoms with E-state index in [0.717, 1.165) is 56.2 Å². The minimum Gasteiger partial charge on any atom is -0.398 e. The molecule has 212 valence electrons. The molecule has 0 aromatic heterocycles. The van der Waals surface area contributed by atoms with Crippen LogP contribution in [0.3, 0.4) is 0 Å². The van der Waals surface area contributed by atoms with Gasteiger partial charge in [0.25, 0.3) is 0 Å². The smallest absolute Gasteiger partial charge is 0.398 e. The van der Waals surface area contributed by atoms with Crippen LogP contribution in [0.25, 0.3) is 0 Å². The van der Waals surface area contributed by atoms with Crippen LogP contribution in [0, 0.1) is 0 Å². The van der Waals surface area contributed by atoms with E-state index in [1.807, 2.05) is 11.8 Å². The van der Waals surface area contributed by atoms with Gasteiger partial charge in [0.2, 0.25) is 0 Å². The average Bonchev–Trinajstić information content (AvgIpc) is 2.90. The number of hydrogen-bond donors (Lipinski definition) is 2. The quantitative estimate of drug-likeness (QED) is 0.101. The molecule has 0 rings (SSSR count). The van der Waals surface area contributed by atoms with Crippen LogP contribution in [-0.2, 0) is 35.4 Å². The molecular weight excluding hydrogens is 525 g/mol. The third kappa shape index (κ3) is 13.3. The lowest BCUT2D eigenvalue weighted by Gasteiger charge is -2.29. The first-order valence-electron chi connectivity index (χ1n) is 12.2. The second kappa shape index (κ2) is 19.6. The van der Waals surface area contributed by atoms with Crippen LogP contribution in [0.5, 0.6) is 0 Å². The van der Waals surface area contributed by atoms with E-state index >= 15 is 0 Å². The van der Waals surface area contributed by atoms with E-state index < -0.39 is 26.2 Å². The van der Waals surface area contributed by atoms with Crippen LogP contribution in [0.1, 0.15) is 26.2 Å². The third-order valence-corrected chi connectivity index (χ3v) is 16.4. The van der Waals surface area contributed by atoms with E-state index in [9.17, 15) is 0 Å². The molecule has 1 unspecified atom stereocenters. The Bertz CT molecular complexity index is 474. The van der Waals surface area contributed by atoms with Crippen LogP contribution < -0.4 is 10.6 Å². The summed E-state index contributed by atoms with van der Waals surface area (Å²) in [4.78, 5) is 0. The highest BCUT2D eigenvalue weighted by atomic mass is 32.2. The van der Waals surface area contributed by atoms with Gasteiger partial charge >= 0.3 is 26.2 Å². The molecule has 0 radical (unpaired) electrons. The van der Waals surface area contributed by atoms with Gasteiger partial charge in [-0.3, -0.25) is 0 Å². The molecule has 0 amide bonds. The summed E-state index contributed by atoms with van der Waals surface area (Å²) < 4.78 is 44.5. The topological polar surface area (TPSA) is 97.9 Å². The van der Waals surface area contributed by atoms with Gasteiger partial charge in [0.15, 0.2) is 0 Å². The van der Waals surface area contributed by atoms with Gasteiger partial charge in [-0.25, -0.2) is 0 Å². The Morgan fingerprint density at radius 3 is 1.34 bits per heavy atom. The molecule has 1 atom stereocenters. The molecule has 0 saturated heterocycles. The maximum absolute atomic E-state index is 5.61. The SMILES string of the molecule is CO[Si](C)(CCCSC(C)C(NCCC[Si](OC)(OC)OC)NCCC[Si](OC)(OC)OC)OC. The lowest BCUT2D eigenvalue weighted by Crippen LogP contribution is -2.50. The maximum atomic E-state index is 5.61. The maximum Gasteiger partial charge on any atom is 0.500 e. The Hall–Kier alpha value is 0.601. The van der Waals surface area contributed by atoms with Crippen LogP contribution in [0.4, 0.5) is 0 Å². The number of thioether (sulfide) groups is 1. The normalized spacial score (nSPS) is 14.1. The summed E-state index contributed by atoms with van der Waals surface area (Å²) in [7, 11) is 6.29. The van der Waals surface area contributed by atoms with Crippen molar-refractivity contribution in [3.63, 3.8) is 0 Å². The molecule has 0 bridgehead atoms. The zero-order valence-corrected chi connectivity index (χ0v) is 27.5. The van der Waals surface area contributed by atoms with Gasteiger partial charge in [0.05, 0.1) is 6.17 Å². The molecule has 35 heavy (non-hydrogen) atoms. The predicted molar refractivity (Wildman–Crippen MR) is 149 cm³/mol. The van der Waals surface area contributed by atoms with Crippen molar-refractivity contribution in [1.82, 2.24) is 10.6 Å². The van der Waals surface area contributed by atoms with Gasteiger partial charge in [0, 0.05) is 74.2 Å². The number of hydrogen-bond acceptors (Lipinski definition) is 11. The Kier molecular flexibility index (Phi) is 20.0. The highest BCUT2D eigenvalue weighted by Crippen LogP contribution is 2.21. The Labute approximate surface area is 221 Å². The molecule has 0 aromatic rings. The van der Waals surface area contributed by atoms with Crippen LogP contribution in [0.15, 0.2) is 0 Å². The van der Waals surface area contributed by atoms with E-state index in [-0.39, 0.29) is 6.17 Å². The van der Waals surface area contributed by atoms with Crippen molar-refractivity contribution in [2.24, 2.45) is 0 Å². The summed E-state index contributed by atoms with van der Waals surface area (Å²) in [6, 6.07) is 2.51. The minimum atomic E-state index is -2.56. The van der Waals surface area contributed by atoms with Crippen LogP contribution >= 0.6 is 11.8 Å². The van der Waals surface area contributed by atoms with E-state index in [1.54, 1.807) is 56.9 Å². The fraction of sp³-hybridized carbons (Fsp3) is 1.00. The average molecular weight is 577 g/mol. The van der Waals surface area contributed by atoms with Crippen molar-refractivity contribution in [1.29, 1.82) is 0 Å². The molecule has 0 saturated carbocycles. The monoisotopic (exact) mass is 576 g/mol. The summed E-state index contributed by atoms with van der Waals surface area (Å²) in [6.45, 7) is 6.03. The zero-order valence-electron chi connectivity index (χ0n) is 23.7. The van der Waals surface area contributed by atoms with Crippen molar-refractivity contribution in [3.05, 3.63) is 0 Å². The molecule has 0 aliphatic heterocycles. The summed E-state index contributed by atoms with van der Waals surface area (Å²) in [5.41, 5.74) is 0. The first-order valence-corrected chi connectivity index (χ1v) is 19.6. The summed E-state index contributed by atoms with van der Waals surface area (Å²) in [5.74, 6) is 1.05. The van der Waals surface area contributed by atoms with Gasteiger partial charge < -0.3 is 46.0 Å². The van der Waals surface area contributed by atoms with Gasteiger partial charge in [-0.15, -0.1) is 0 Å². The predicted octanol–water partition coefficient (Wildman–Crippen LogP) is 2.90. The minimum absolute atomic E-state index is 0.154. The Morgan fingerprint density at radius 2 is 1.00 bits per heavy atom. The second-order valence-electron chi connectivity index (χ2n) is 8.41. The molecule has 2 N–H and O–H groups in total. The van der Waals surface area contributed by atoms with E-state index in [4.69, 9.17) is 35.4 Å². The largest absolute Gasteiger partial charge is 0.500 e. The molecule has 0 spiro atoms. The zero-order chi connectivity index (χ0) is 26.8. The molecule has 10 nitrogen and oxygen atoms in total. The Balaban J connectivity index is 4.82. The van der Waals surface area contributed by atoms with Crippen molar-refractivity contribution in [3.8, 4) is 0 Å². The highest BCUT2D eigenvalue weighted by Gasteiger charge is 2.38. The summed E-state index contributed by atoms with van der Waals surface area (Å²) >= 11 is 1.96. The standard InChI is InChI=1S/C21H52N2O8SSi3/c1-20(32-16-13-17-33(10,24-2)25-3)21(22-14-11-18-34(26-4,27-5)28-6)23-15-12-19-35(29-7,30-8)31-9/h20-23H,11-19H2,1-10H3. The van der Waals surface area contributed by atoms with E-state index in [1.165, 1.54) is 0 Å². The Morgan fingerprint density at radius 1 is 0.600 bits per heavy atom. The lowest BCUT2D eigenvalue weighted by atomic mass is 10.3. The molecule has 0 aliphatic carbocycles. The van der Waals surface area contributed by atoms with Gasteiger partial charge in [-0.1, -0.05) is 6.92 Å². The number of rotatable bonds is 24. The van der Waals surface area contributed by atoms with Crippen molar-refractivity contribution >= 4 is 37.9 Å². The van der Waals surface area contributed by atoms with Crippen molar-refractivity contribution in [2.45, 2.75) is 62.3 Å². The van der Waals surface area contributed by atoms with Crippen molar-refractivity contribution < 1.29 is 35.4 Å². The highest BCUT2D eigenvalue weighted by molar-refractivity contribution is 7.99. The van der Waals surface area contributed by atoms with Crippen LogP contribution in [0.2, 0.25) is 24.7 Å². The molecule has 0 aliphatic rings. The number of nitrogens with one attached hydrogen (secondary N) is 2. The van der Waals surface area contributed by atoms with Crippen LogP contribution in [-0.4, -0.2) is 113 Å². The molecule has 0 aromatic carbocycles. The fourth-order valence-corrected chi connectivity index (χ4v) is 9.85. The first kappa shape index (κ1) is 35.6. The summed E-state index contributed by atoms with van der Waals surface area (Å²) in [5, 5.41) is 7.74. The molecule has 0 fully saturated rings. The van der Waals surface area contributed by atoms with E-state index in [2.05, 4.69) is 24.1 Å². The molecule has 14 heteroatoms.